The molecule has 35 heavy (non-hydrogen) atoms. The fraction of sp³-hybridized carbons (Fsp3) is 0.214. The number of Topliss-reactive ketones (excluding diaryl/α,β-unsaturated/α-hetero) is 1. The maximum absolute atomic E-state index is 13.1. The van der Waals surface area contributed by atoms with Crippen LogP contribution in [0.2, 0.25) is 0 Å². The molecule has 0 fully saturated rings. The summed E-state index contributed by atoms with van der Waals surface area (Å²) in [7, 11) is 2.94. The maximum Gasteiger partial charge on any atom is 0.200 e. The van der Waals surface area contributed by atoms with Crippen molar-refractivity contribution in [3.8, 4) is 17.2 Å². The normalized spacial score (nSPS) is 16.9. The van der Waals surface area contributed by atoms with Crippen LogP contribution in [-0.2, 0) is 4.79 Å². The standard InChI is InChI=1S/C28H26N2O5/c1-34-23-14-18(15-24(35-2)28(23)33)26-25-20(9-6-10-22(25)31)29-21-13-17(11-12-19(21)30-26)27(32)16-7-4-3-5-8-16/h3-5,7-8,11-15,26,29-30,33H,6,9-10H2,1-2H3/t26-/m0/s1. The minimum absolute atomic E-state index is 0.0515. The molecule has 0 aromatic heterocycles. The number of methoxy groups -OCH3 is 2. The summed E-state index contributed by atoms with van der Waals surface area (Å²) in [6.45, 7) is 0. The monoisotopic (exact) mass is 470 g/mol. The highest BCUT2D eigenvalue weighted by atomic mass is 16.5. The van der Waals surface area contributed by atoms with Gasteiger partial charge in [0.1, 0.15) is 0 Å². The molecule has 1 atom stereocenters. The minimum atomic E-state index is -0.495. The number of ether oxygens (including phenoxy) is 2. The average molecular weight is 471 g/mol. The van der Waals surface area contributed by atoms with Crippen molar-refractivity contribution in [2.75, 3.05) is 24.9 Å². The summed E-state index contributed by atoms with van der Waals surface area (Å²) in [5.74, 6) is 0.397. The van der Waals surface area contributed by atoms with Crippen LogP contribution in [0.25, 0.3) is 0 Å². The molecular weight excluding hydrogens is 444 g/mol. The summed E-state index contributed by atoms with van der Waals surface area (Å²) in [4.78, 5) is 26.2. The Balaban J connectivity index is 1.61. The zero-order chi connectivity index (χ0) is 24.5. The molecule has 1 aliphatic carbocycles. The van der Waals surface area contributed by atoms with E-state index in [-0.39, 0.29) is 28.8 Å². The molecule has 3 aromatic rings. The van der Waals surface area contributed by atoms with E-state index in [2.05, 4.69) is 10.6 Å². The average Bonchev–Trinajstić information content (AvgIpc) is 3.06. The molecule has 0 unspecified atom stereocenters. The van der Waals surface area contributed by atoms with E-state index >= 15 is 0 Å². The van der Waals surface area contributed by atoms with Crippen LogP contribution >= 0.6 is 0 Å². The van der Waals surface area contributed by atoms with Crippen molar-refractivity contribution < 1.29 is 24.2 Å². The highest BCUT2D eigenvalue weighted by Gasteiger charge is 2.33. The smallest absolute Gasteiger partial charge is 0.200 e. The Labute approximate surface area is 203 Å². The van der Waals surface area contributed by atoms with Gasteiger partial charge in [0.2, 0.25) is 5.75 Å². The van der Waals surface area contributed by atoms with Crippen LogP contribution < -0.4 is 20.1 Å². The number of carbonyl (C=O) groups is 2. The Hall–Kier alpha value is -4.26. The van der Waals surface area contributed by atoms with Crippen LogP contribution in [0.1, 0.15) is 46.8 Å². The molecule has 0 saturated carbocycles. The SMILES string of the molecule is COc1cc([C@@H]2Nc3ccc(C(=O)c4ccccc4)cc3NC3=C2C(=O)CCC3)cc(OC)c1O. The number of nitrogens with one attached hydrogen (secondary N) is 2. The van der Waals surface area contributed by atoms with E-state index in [0.29, 0.717) is 29.5 Å². The quantitative estimate of drug-likeness (QED) is 0.440. The fourth-order valence-corrected chi connectivity index (χ4v) is 4.72. The van der Waals surface area contributed by atoms with Gasteiger partial charge in [-0.3, -0.25) is 9.59 Å². The number of hydrogen-bond acceptors (Lipinski definition) is 7. The number of carbonyl (C=O) groups excluding carboxylic acids is 2. The van der Waals surface area contributed by atoms with Gasteiger partial charge in [-0.15, -0.1) is 0 Å². The van der Waals surface area contributed by atoms with Gasteiger partial charge in [-0.05, 0) is 48.7 Å². The van der Waals surface area contributed by atoms with Gasteiger partial charge in [-0.25, -0.2) is 0 Å². The molecule has 1 heterocycles. The van der Waals surface area contributed by atoms with Gasteiger partial charge in [-0.1, -0.05) is 30.3 Å². The zero-order valence-corrected chi connectivity index (χ0v) is 19.6. The lowest BCUT2D eigenvalue weighted by atomic mass is 9.86. The number of anilines is 2. The summed E-state index contributed by atoms with van der Waals surface area (Å²) in [6, 6.07) is 17.5. The first-order chi connectivity index (χ1) is 17.0. The highest BCUT2D eigenvalue weighted by Crippen LogP contribution is 2.45. The van der Waals surface area contributed by atoms with Crippen molar-refractivity contribution in [3.05, 3.63) is 88.6 Å². The van der Waals surface area contributed by atoms with Crippen LogP contribution in [0, 0.1) is 0 Å². The molecule has 3 aromatic carbocycles. The molecule has 0 saturated heterocycles. The van der Waals surface area contributed by atoms with Gasteiger partial charge in [-0.2, -0.15) is 0 Å². The zero-order valence-electron chi connectivity index (χ0n) is 19.6. The van der Waals surface area contributed by atoms with Crippen molar-refractivity contribution in [2.45, 2.75) is 25.3 Å². The van der Waals surface area contributed by atoms with Crippen molar-refractivity contribution >= 4 is 22.9 Å². The largest absolute Gasteiger partial charge is 0.502 e. The molecular formula is C28H26N2O5. The number of benzene rings is 3. The molecule has 7 nitrogen and oxygen atoms in total. The number of hydrogen-bond donors (Lipinski definition) is 3. The van der Waals surface area contributed by atoms with Crippen LogP contribution in [0.4, 0.5) is 11.4 Å². The summed E-state index contributed by atoms with van der Waals surface area (Å²) >= 11 is 0. The van der Waals surface area contributed by atoms with E-state index < -0.39 is 6.04 Å². The highest BCUT2D eigenvalue weighted by molar-refractivity contribution is 6.10. The van der Waals surface area contributed by atoms with Crippen LogP contribution in [-0.4, -0.2) is 30.9 Å². The molecule has 0 spiro atoms. The number of fused-ring (bicyclic) bond motifs is 1. The molecule has 5 rings (SSSR count). The maximum atomic E-state index is 13.1. The van der Waals surface area contributed by atoms with Crippen molar-refractivity contribution in [1.82, 2.24) is 0 Å². The first-order valence-corrected chi connectivity index (χ1v) is 11.5. The number of phenolic OH excluding ortho intramolecular Hbond substituents is 1. The fourth-order valence-electron chi connectivity index (χ4n) is 4.72. The first kappa shape index (κ1) is 22.5. The third-order valence-corrected chi connectivity index (χ3v) is 6.48. The second-order valence-electron chi connectivity index (χ2n) is 8.60. The van der Waals surface area contributed by atoms with E-state index in [1.165, 1.54) is 14.2 Å². The predicted molar refractivity (Wildman–Crippen MR) is 133 cm³/mol. The first-order valence-electron chi connectivity index (χ1n) is 11.5. The molecule has 7 heteroatoms. The molecule has 1 aliphatic heterocycles. The van der Waals surface area contributed by atoms with Crippen LogP contribution in [0.3, 0.4) is 0 Å². The summed E-state index contributed by atoms with van der Waals surface area (Å²) in [5.41, 5.74) is 4.84. The molecule has 0 bridgehead atoms. The number of rotatable bonds is 5. The van der Waals surface area contributed by atoms with Crippen molar-refractivity contribution in [2.24, 2.45) is 0 Å². The van der Waals surface area contributed by atoms with Crippen molar-refractivity contribution in [1.29, 1.82) is 0 Å². The predicted octanol–water partition coefficient (Wildman–Crippen LogP) is 5.23. The number of phenols is 1. The van der Waals surface area contributed by atoms with E-state index in [0.717, 1.165) is 29.1 Å². The van der Waals surface area contributed by atoms with Gasteiger partial charge in [0.15, 0.2) is 23.1 Å². The summed E-state index contributed by atoms with van der Waals surface area (Å²) < 4.78 is 10.7. The van der Waals surface area contributed by atoms with Crippen molar-refractivity contribution in [3.63, 3.8) is 0 Å². The van der Waals surface area contributed by atoms with Crippen LogP contribution in [0.15, 0.2) is 71.9 Å². The van der Waals surface area contributed by atoms with Crippen LogP contribution in [0.5, 0.6) is 17.2 Å². The topological polar surface area (TPSA) is 96.9 Å². The lowest BCUT2D eigenvalue weighted by Gasteiger charge is -2.26. The Morgan fingerprint density at radius 1 is 0.914 bits per heavy atom. The Morgan fingerprint density at radius 2 is 1.63 bits per heavy atom. The third-order valence-electron chi connectivity index (χ3n) is 6.48. The third kappa shape index (κ3) is 4.10. The van der Waals surface area contributed by atoms with E-state index in [1.807, 2.05) is 30.3 Å². The summed E-state index contributed by atoms with van der Waals surface area (Å²) in [5, 5.41) is 17.3. The van der Waals surface area contributed by atoms with E-state index in [9.17, 15) is 14.7 Å². The molecule has 0 amide bonds. The summed E-state index contributed by atoms with van der Waals surface area (Å²) in [6.07, 6.45) is 1.92. The lowest BCUT2D eigenvalue weighted by Crippen LogP contribution is -2.23. The number of aromatic hydroxyl groups is 1. The molecule has 0 radical (unpaired) electrons. The van der Waals surface area contributed by atoms with Gasteiger partial charge in [0.05, 0.1) is 31.6 Å². The Morgan fingerprint density at radius 3 is 2.31 bits per heavy atom. The Kier molecular flexibility index (Phi) is 5.91. The van der Waals surface area contributed by atoms with E-state index in [1.54, 1.807) is 30.3 Å². The van der Waals surface area contributed by atoms with Gasteiger partial charge in [0.25, 0.3) is 0 Å². The number of allylic oxidation sites excluding steroid dienone is 1. The van der Waals surface area contributed by atoms with E-state index in [4.69, 9.17) is 9.47 Å². The Bertz CT molecular complexity index is 1320. The van der Waals surface area contributed by atoms with Gasteiger partial charge >= 0.3 is 0 Å². The van der Waals surface area contributed by atoms with Gasteiger partial charge in [0, 0.05) is 28.8 Å². The second-order valence-corrected chi connectivity index (χ2v) is 8.60. The molecule has 3 N–H and O–H groups in total. The molecule has 178 valence electrons. The molecule has 2 aliphatic rings. The minimum Gasteiger partial charge on any atom is -0.502 e. The lowest BCUT2D eigenvalue weighted by molar-refractivity contribution is -0.116. The number of ketones is 2. The van der Waals surface area contributed by atoms with Gasteiger partial charge < -0.3 is 25.2 Å². The second kappa shape index (κ2) is 9.18.